The summed E-state index contributed by atoms with van der Waals surface area (Å²) in [6.07, 6.45) is 8.08. The fraction of sp³-hybridized carbons (Fsp3) is 0.0345. The van der Waals surface area contributed by atoms with Gasteiger partial charge in [0.15, 0.2) is 0 Å². The number of nitrogens with zero attached hydrogens (tertiary/aromatic N) is 2. The van der Waals surface area contributed by atoms with Gasteiger partial charge in [-0.3, -0.25) is 0 Å². The molecule has 0 radical (unpaired) electrons. The summed E-state index contributed by atoms with van der Waals surface area (Å²) in [5, 5.41) is 5.02. The lowest BCUT2D eigenvalue weighted by atomic mass is 9.91. The highest BCUT2D eigenvalue weighted by atomic mass is 15.2. The molecule has 1 aliphatic carbocycles. The lowest BCUT2D eigenvalue weighted by molar-refractivity contribution is 0.788. The predicted octanol–water partition coefficient (Wildman–Crippen LogP) is 15.5. The van der Waals surface area contributed by atoms with E-state index in [-0.39, 0.29) is 6.04 Å². The Bertz CT molecular complexity index is 3140. The number of allylic oxidation sites excluding steroid dienone is 2. The number of anilines is 2. The Labute approximate surface area is 351 Å². The average Bonchev–Trinajstić information content (AvgIpc) is 3.65. The smallest absolute Gasteiger partial charge is 0.0565 e. The number of rotatable bonds is 8. The Morgan fingerprint density at radius 2 is 0.967 bits per heavy atom. The summed E-state index contributed by atoms with van der Waals surface area (Å²) >= 11 is 0. The van der Waals surface area contributed by atoms with E-state index in [2.05, 4.69) is 246 Å². The first-order chi connectivity index (χ1) is 29.7. The Morgan fingerprint density at radius 3 is 1.60 bits per heavy atom. The summed E-state index contributed by atoms with van der Waals surface area (Å²) in [5.74, 6) is 0. The van der Waals surface area contributed by atoms with Gasteiger partial charge in [-0.25, -0.2) is 0 Å². The first kappa shape index (κ1) is 35.5. The van der Waals surface area contributed by atoms with Crippen LogP contribution in [0.4, 0.5) is 11.4 Å². The molecule has 0 bridgehead atoms. The van der Waals surface area contributed by atoms with E-state index in [0.29, 0.717) is 0 Å². The third kappa shape index (κ3) is 6.49. The molecule has 9 aromatic carbocycles. The highest BCUT2D eigenvalue weighted by molar-refractivity contribution is 6.17. The monoisotopic (exact) mass is 766 g/mol. The van der Waals surface area contributed by atoms with Gasteiger partial charge in [-0.2, -0.15) is 0 Å². The van der Waals surface area contributed by atoms with Crippen LogP contribution >= 0.6 is 0 Å². The van der Waals surface area contributed by atoms with Crippen molar-refractivity contribution >= 4 is 49.5 Å². The standard InChI is InChI=1S/C58H42N2/c1-5-17-41(18-6-1)44-31-33-51(34-32-44)59(53-37-48(42-19-7-2-8-20-42)35-49(38-53)43-21-9-3-10-22-43)52-28-15-25-47(36-52)54-29-16-30-56-58(54)55-39-45-23-13-14-24-46(45)40-57(55)60(56)50-26-11-4-12-27-50/h1-27,29-40,52H,28H2. The molecule has 0 fully saturated rings. The molecular weight excluding hydrogens is 725 g/mol. The summed E-state index contributed by atoms with van der Waals surface area (Å²) in [4.78, 5) is 2.55. The van der Waals surface area contributed by atoms with Crippen LogP contribution in [0.15, 0.2) is 237 Å². The molecule has 0 saturated carbocycles. The molecule has 1 heterocycles. The fourth-order valence-corrected chi connectivity index (χ4v) is 9.20. The number of benzene rings is 9. The first-order valence-corrected chi connectivity index (χ1v) is 20.9. The molecule has 0 N–H and O–H groups in total. The van der Waals surface area contributed by atoms with Crippen LogP contribution in [0.5, 0.6) is 0 Å². The van der Waals surface area contributed by atoms with Crippen LogP contribution in [0.25, 0.3) is 77.2 Å². The third-order valence-corrected chi connectivity index (χ3v) is 12.0. The zero-order chi connectivity index (χ0) is 39.8. The highest BCUT2D eigenvalue weighted by Crippen LogP contribution is 2.43. The first-order valence-electron chi connectivity index (χ1n) is 20.9. The van der Waals surface area contributed by atoms with Gasteiger partial charge in [0.2, 0.25) is 0 Å². The second-order valence-electron chi connectivity index (χ2n) is 15.7. The van der Waals surface area contributed by atoms with Crippen molar-refractivity contribution in [2.75, 3.05) is 4.90 Å². The molecule has 60 heavy (non-hydrogen) atoms. The number of para-hydroxylation sites is 1. The van der Waals surface area contributed by atoms with Crippen LogP contribution in [0.2, 0.25) is 0 Å². The molecule has 2 nitrogen and oxygen atoms in total. The van der Waals surface area contributed by atoms with Crippen molar-refractivity contribution in [3.05, 3.63) is 242 Å². The maximum atomic E-state index is 2.55. The summed E-state index contributed by atoms with van der Waals surface area (Å²) in [6, 6.07) is 79.5. The maximum Gasteiger partial charge on any atom is 0.0565 e. The molecule has 1 atom stereocenters. The van der Waals surface area contributed by atoms with Crippen molar-refractivity contribution in [1.29, 1.82) is 0 Å². The number of fused-ring (bicyclic) bond motifs is 4. The van der Waals surface area contributed by atoms with E-state index in [9.17, 15) is 0 Å². The third-order valence-electron chi connectivity index (χ3n) is 12.0. The fourth-order valence-electron chi connectivity index (χ4n) is 9.20. The minimum Gasteiger partial charge on any atom is -0.334 e. The summed E-state index contributed by atoms with van der Waals surface area (Å²) in [5.41, 5.74) is 15.6. The van der Waals surface area contributed by atoms with Crippen LogP contribution in [-0.4, -0.2) is 10.6 Å². The molecular formula is C58H42N2. The zero-order valence-corrected chi connectivity index (χ0v) is 33.2. The quantitative estimate of drug-likeness (QED) is 0.150. The van der Waals surface area contributed by atoms with Gasteiger partial charge in [-0.1, -0.05) is 176 Å². The number of aromatic nitrogens is 1. The van der Waals surface area contributed by atoms with Gasteiger partial charge in [0.1, 0.15) is 0 Å². The second-order valence-corrected chi connectivity index (χ2v) is 15.7. The highest BCUT2D eigenvalue weighted by Gasteiger charge is 2.25. The van der Waals surface area contributed by atoms with Crippen LogP contribution in [0, 0.1) is 0 Å². The lowest BCUT2D eigenvalue weighted by Crippen LogP contribution is -2.30. The zero-order valence-electron chi connectivity index (χ0n) is 33.2. The van der Waals surface area contributed by atoms with Gasteiger partial charge in [-0.05, 0) is 122 Å². The predicted molar refractivity (Wildman–Crippen MR) is 255 cm³/mol. The van der Waals surface area contributed by atoms with E-state index < -0.39 is 0 Å². The molecule has 0 spiro atoms. The maximum absolute atomic E-state index is 2.55. The topological polar surface area (TPSA) is 8.17 Å². The summed E-state index contributed by atoms with van der Waals surface area (Å²) in [7, 11) is 0. The van der Waals surface area contributed by atoms with Gasteiger partial charge in [0.25, 0.3) is 0 Å². The molecule has 1 aliphatic rings. The van der Waals surface area contributed by atoms with Crippen LogP contribution in [0.3, 0.4) is 0 Å². The van der Waals surface area contributed by atoms with E-state index in [1.165, 1.54) is 77.1 Å². The van der Waals surface area contributed by atoms with Gasteiger partial charge in [0.05, 0.1) is 17.1 Å². The van der Waals surface area contributed by atoms with E-state index in [0.717, 1.165) is 23.5 Å². The molecule has 1 unspecified atom stereocenters. The Morgan fingerprint density at radius 1 is 0.417 bits per heavy atom. The van der Waals surface area contributed by atoms with Crippen molar-refractivity contribution in [2.45, 2.75) is 12.5 Å². The van der Waals surface area contributed by atoms with Gasteiger partial charge >= 0.3 is 0 Å². The molecule has 0 amide bonds. The van der Waals surface area contributed by atoms with Crippen LogP contribution in [0.1, 0.15) is 12.0 Å². The molecule has 2 heteroatoms. The minimum absolute atomic E-state index is 0.0424. The summed E-state index contributed by atoms with van der Waals surface area (Å²) in [6.45, 7) is 0. The van der Waals surface area contributed by atoms with Crippen LogP contribution < -0.4 is 4.90 Å². The Balaban J connectivity index is 1.11. The average molecular weight is 767 g/mol. The van der Waals surface area contributed by atoms with E-state index in [1.807, 2.05) is 0 Å². The Kier molecular flexibility index (Phi) is 9.02. The molecule has 0 aliphatic heterocycles. The molecule has 10 aromatic rings. The van der Waals surface area contributed by atoms with Gasteiger partial charge in [0, 0.05) is 27.8 Å². The SMILES string of the molecule is C1=CC(c2cccc3c2c2cc4ccccc4cc2n3-c2ccccc2)=CC(N(c2ccc(-c3ccccc3)cc2)c2cc(-c3ccccc3)cc(-c3ccccc3)c2)C1. The van der Waals surface area contributed by atoms with Crippen molar-refractivity contribution in [1.82, 2.24) is 4.57 Å². The van der Waals surface area contributed by atoms with Crippen molar-refractivity contribution in [2.24, 2.45) is 0 Å². The van der Waals surface area contributed by atoms with E-state index in [4.69, 9.17) is 0 Å². The normalized spacial score (nSPS) is 13.8. The Hall–Kier alpha value is -7.68. The molecule has 0 saturated heterocycles. The van der Waals surface area contributed by atoms with E-state index >= 15 is 0 Å². The minimum atomic E-state index is 0.0424. The summed E-state index contributed by atoms with van der Waals surface area (Å²) < 4.78 is 2.44. The molecule has 11 rings (SSSR count). The van der Waals surface area contributed by atoms with Gasteiger partial charge in [-0.15, -0.1) is 0 Å². The molecule has 1 aromatic heterocycles. The van der Waals surface area contributed by atoms with Crippen molar-refractivity contribution < 1.29 is 0 Å². The second kappa shape index (κ2) is 15.2. The van der Waals surface area contributed by atoms with E-state index in [1.54, 1.807) is 0 Å². The number of hydrogen-bond acceptors (Lipinski definition) is 1. The van der Waals surface area contributed by atoms with Crippen molar-refractivity contribution in [3.8, 4) is 39.1 Å². The number of hydrogen-bond donors (Lipinski definition) is 0. The van der Waals surface area contributed by atoms with Crippen molar-refractivity contribution in [3.63, 3.8) is 0 Å². The lowest BCUT2D eigenvalue weighted by Gasteiger charge is -2.34. The van der Waals surface area contributed by atoms with Gasteiger partial charge < -0.3 is 9.47 Å². The largest absolute Gasteiger partial charge is 0.334 e. The molecule has 284 valence electrons. The van der Waals surface area contributed by atoms with Crippen LogP contribution in [-0.2, 0) is 0 Å².